The molecular weight excluding hydrogens is 1500 g/mol. The molecule has 7 aliphatic heterocycles. The maximum absolute atomic E-state index is 16.1. The SMILES string of the molecule is C=CC(C)(O)CC/C=C(\C)C(=O)O[C@H]1[C@H](O)[C@@H](CO)OC(OC(=O)[C@]23CCC(C)(C)CC2C2=CCC4[C@@]5(C)CC[C@H](OC6O[C@H](COC7OC[C@H](O)[C@H](O)[C@H]7OC7OC[C@@H](O)[C@H](O)[C@H]7O)[C@@H](O)[C@H](O)[C@H]6O)C(C)(C)C5CC[C@@]4(C)[C@]2(C)CC3)[C@@H]1OC1OC(C)C(OC2OC[C@@H](O)[C@H](OC3OC[C@@H](O)[C@H](O)[C@H]3O)[C@H]2O)C(O)C1O. The standard InChI is InChI=1S/C78H124O35/c1-12-74(8,98)19-13-14-33(2)63(96)108-60-50(88)41(27-79)105-70(62(60)112-67-56(94)52(90)58(34(3)104-67)109-66-57(95)59(40(83)31-101-66)110-64-53(91)46(84)37(80)28-99-64)113-71(97)78-24-22-72(4,5)26-36(78)35-15-16-44-75(9)20-18-45(73(6,7)43(75)17-21-77(44,11)76(35,10)23-25-78)107-68-55(93)51(89)49(87)42(106-68)32-103-69-61(48(86)39(82)30-102-69)111-65-54(92)47(85)38(81)29-100-65/h12,14-15,34,36-62,64-70,79-95,98H,1,13,16-32H2,2-11H3/b33-14+/t34?,36?,37-,38-,39+,40-,41-,42-,43?,44?,45+,46+,47+,48+,49-,50-,51+,52?,53-,54-,55-,56?,57-,58?,59+,60+,61-,62-,64?,65?,66?,67?,68?,69?,70?,74?,75+,76-,77-,78+/m1/s1. The average Bonchev–Trinajstić information content (AvgIpc) is 0.674. The van der Waals surface area contributed by atoms with Gasteiger partial charge in [0.25, 0.3) is 0 Å². The number of hydrogen-bond acceptors (Lipinski definition) is 35. The molecule has 5 aliphatic carbocycles. The fourth-order valence-corrected chi connectivity index (χ4v) is 20.8. The maximum Gasteiger partial charge on any atom is 0.333 e. The highest BCUT2D eigenvalue weighted by Gasteiger charge is 2.71. The van der Waals surface area contributed by atoms with Crippen LogP contribution in [0.3, 0.4) is 0 Å². The zero-order valence-electron chi connectivity index (χ0n) is 65.9. The van der Waals surface area contributed by atoms with Gasteiger partial charge in [-0.1, -0.05) is 72.3 Å². The van der Waals surface area contributed by atoms with Crippen molar-refractivity contribution in [1.82, 2.24) is 0 Å². The Balaban J connectivity index is 0.765. The zero-order chi connectivity index (χ0) is 82.5. The topological polar surface area (TPSA) is 537 Å². The molecule has 113 heavy (non-hydrogen) atoms. The van der Waals surface area contributed by atoms with E-state index in [4.69, 9.17) is 71.1 Å². The number of rotatable bonds is 22. The Morgan fingerprint density at radius 2 is 1.09 bits per heavy atom. The molecule has 18 N–H and O–H groups in total. The van der Waals surface area contributed by atoms with Gasteiger partial charge in [-0.05, 0) is 143 Å². The van der Waals surface area contributed by atoms with Crippen molar-refractivity contribution in [2.75, 3.05) is 39.6 Å². The molecule has 7 heterocycles. The molecular formula is C78H124O35. The summed E-state index contributed by atoms with van der Waals surface area (Å²) in [6.45, 7) is 20.5. The second kappa shape index (κ2) is 34.4. The van der Waals surface area contributed by atoms with Crippen LogP contribution in [0.2, 0.25) is 0 Å². The molecule has 35 nitrogen and oxygen atoms in total. The number of esters is 2. The summed E-state index contributed by atoms with van der Waals surface area (Å²) in [5.41, 5.74) is -3.37. The fourth-order valence-electron chi connectivity index (χ4n) is 20.8. The molecule has 0 aromatic rings. The first-order valence-corrected chi connectivity index (χ1v) is 40.0. The third-order valence-corrected chi connectivity index (χ3v) is 28.2. The summed E-state index contributed by atoms with van der Waals surface area (Å²) < 4.78 is 90.4. The van der Waals surface area contributed by atoms with Crippen LogP contribution in [0.5, 0.6) is 0 Å². The van der Waals surface area contributed by atoms with Gasteiger partial charge >= 0.3 is 11.9 Å². The molecule has 0 radical (unpaired) electrons. The highest BCUT2D eigenvalue weighted by molar-refractivity contribution is 5.88. The van der Waals surface area contributed by atoms with Crippen molar-refractivity contribution in [2.24, 2.45) is 50.2 Å². The van der Waals surface area contributed by atoms with E-state index < -0.39 is 276 Å². The van der Waals surface area contributed by atoms with Crippen LogP contribution in [0.1, 0.15) is 146 Å². The minimum atomic E-state index is -2.09. The summed E-state index contributed by atoms with van der Waals surface area (Å²) >= 11 is 0. The first kappa shape index (κ1) is 89.2. The molecule has 0 aromatic heterocycles. The Kier molecular flexibility index (Phi) is 27.2. The first-order valence-electron chi connectivity index (χ1n) is 40.0. The first-order chi connectivity index (χ1) is 53.0. The van der Waals surface area contributed by atoms with Gasteiger partial charge in [-0.15, -0.1) is 6.58 Å². The van der Waals surface area contributed by atoms with E-state index in [9.17, 15) is 96.7 Å². The van der Waals surface area contributed by atoms with E-state index in [0.717, 1.165) is 18.4 Å². The van der Waals surface area contributed by atoms with Gasteiger partial charge in [0.05, 0.1) is 62.9 Å². The largest absolute Gasteiger partial charge is 0.453 e. The molecule has 646 valence electrons. The van der Waals surface area contributed by atoms with Crippen molar-refractivity contribution in [3.05, 3.63) is 36.0 Å². The third kappa shape index (κ3) is 17.0. The van der Waals surface area contributed by atoms with Gasteiger partial charge in [-0.3, -0.25) is 4.79 Å². The van der Waals surface area contributed by atoms with Crippen LogP contribution in [0.4, 0.5) is 0 Å². The lowest BCUT2D eigenvalue weighted by molar-refractivity contribution is -0.379. The molecule has 0 amide bonds. The normalized spacial score (nSPS) is 50.6. The van der Waals surface area contributed by atoms with Gasteiger partial charge in [0.1, 0.15) is 128 Å². The Morgan fingerprint density at radius 1 is 0.540 bits per heavy atom. The van der Waals surface area contributed by atoms with Crippen molar-refractivity contribution in [3.8, 4) is 0 Å². The summed E-state index contributed by atoms with van der Waals surface area (Å²) in [6.07, 6.45) is -41.2. The maximum atomic E-state index is 16.1. The quantitative estimate of drug-likeness (QED) is 0.0226. The van der Waals surface area contributed by atoms with Gasteiger partial charge in [-0.2, -0.15) is 0 Å². The predicted octanol–water partition coefficient (Wildman–Crippen LogP) is -2.76. The lowest BCUT2D eigenvalue weighted by Crippen LogP contribution is -2.67. The summed E-state index contributed by atoms with van der Waals surface area (Å²) in [7, 11) is 0. The minimum absolute atomic E-state index is 0.0263. The third-order valence-electron chi connectivity index (χ3n) is 28.2. The molecule has 0 aromatic carbocycles. The monoisotopic (exact) mass is 1620 g/mol. The molecule has 35 heteroatoms. The zero-order valence-corrected chi connectivity index (χ0v) is 65.9. The fraction of sp³-hybridized carbons (Fsp3) is 0.897. The molecule has 11 fully saturated rings. The van der Waals surface area contributed by atoms with E-state index in [1.807, 2.05) is 0 Å². The van der Waals surface area contributed by atoms with E-state index in [1.165, 1.54) is 26.0 Å². The van der Waals surface area contributed by atoms with Crippen molar-refractivity contribution in [3.63, 3.8) is 0 Å². The minimum Gasteiger partial charge on any atom is -0.453 e. The average molecular weight is 1620 g/mol. The number of aliphatic hydroxyl groups is 18. The summed E-state index contributed by atoms with van der Waals surface area (Å²) in [6, 6.07) is 0. The van der Waals surface area contributed by atoms with Gasteiger partial charge in [0.15, 0.2) is 49.9 Å². The second-order valence-corrected chi connectivity index (χ2v) is 36.3. The Labute approximate surface area is 656 Å². The number of ether oxygens (including phenoxy) is 15. The number of carbonyl (C=O) groups is 2. The Bertz CT molecular complexity index is 3330. The number of aliphatic hydroxyl groups excluding tert-OH is 17. The smallest absolute Gasteiger partial charge is 0.333 e. The Morgan fingerprint density at radius 3 is 1.73 bits per heavy atom. The molecule has 15 unspecified atom stereocenters. The summed E-state index contributed by atoms with van der Waals surface area (Å²) in [5, 5.41) is 198. The van der Waals surface area contributed by atoms with E-state index in [2.05, 4.69) is 61.1 Å². The van der Waals surface area contributed by atoms with Gasteiger partial charge in [-0.25, -0.2) is 4.79 Å². The lowest BCUT2D eigenvalue weighted by atomic mass is 9.33. The van der Waals surface area contributed by atoms with E-state index in [0.29, 0.717) is 51.4 Å². The van der Waals surface area contributed by atoms with Gasteiger partial charge < -0.3 is 163 Å². The van der Waals surface area contributed by atoms with Crippen molar-refractivity contribution >= 4 is 11.9 Å². The lowest BCUT2D eigenvalue weighted by Gasteiger charge is -2.71. The van der Waals surface area contributed by atoms with Crippen LogP contribution in [0.25, 0.3) is 0 Å². The van der Waals surface area contributed by atoms with Crippen molar-refractivity contribution in [2.45, 2.75) is 349 Å². The van der Waals surface area contributed by atoms with Crippen molar-refractivity contribution in [1.29, 1.82) is 0 Å². The molecule has 0 bridgehead atoms. The van der Waals surface area contributed by atoms with E-state index in [1.54, 1.807) is 6.92 Å². The summed E-state index contributed by atoms with van der Waals surface area (Å²) in [4.78, 5) is 30.4. The molecule has 4 saturated carbocycles. The van der Waals surface area contributed by atoms with Crippen molar-refractivity contribution < 1.29 is 173 Å². The van der Waals surface area contributed by atoms with Gasteiger partial charge in [0.2, 0.25) is 6.29 Å². The van der Waals surface area contributed by atoms with Crippen LogP contribution >= 0.6 is 0 Å². The molecule has 7 saturated heterocycles. The number of carbonyl (C=O) groups excluding carboxylic acids is 2. The van der Waals surface area contributed by atoms with Crippen LogP contribution < -0.4 is 0 Å². The van der Waals surface area contributed by atoms with Crippen LogP contribution in [0, 0.1) is 50.2 Å². The van der Waals surface area contributed by atoms with Gasteiger partial charge in [0, 0.05) is 5.57 Å². The highest BCUT2D eigenvalue weighted by Crippen LogP contribution is 2.76. The highest BCUT2D eigenvalue weighted by atomic mass is 16.8. The number of fused-ring (bicyclic) bond motifs is 7. The van der Waals surface area contributed by atoms with E-state index in [-0.39, 0.29) is 46.5 Å². The van der Waals surface area contributed by atoms with Crippen LogP contribution in [0.15, 0.2) is 36.0 Å². The Hall–Kier alpha value is -3.08. The van der Waals surface area contributed by atoms with E-state index >= 15 is 4.79 Å². The van der Waals surface area contributed by atoms with Crippen LogP contribution in [-0.2, 0) is 80.6 Å². The molecule has 12 rings (SSSR count). The second-order valence-electron chi connectivity index (χ2n) is 36.3. The number of hydrogen-bond donors (Lipinski definition) is 18. The predicted molar refractivity (Wildman–Crippen MR) is 383 cm³/mol. The molecule has 40 atom stereocenters. The number of allylic oxidation sites excluding steroid dienone is 3. The molecule has 0 spiro atoms. The molecule has 12 aliphatic rings. The summed E-state index contributed by atoms with van der Waals surface area (Å²) in [5.74, 6) is -1.96. The van der Waals surface area contributed by atoms with Crippen LogP contribution in [-0.4, -0.2) is 346 Å².